The number of carbonyl (C=O) groups is 2. The number of nitrogens with one attached hydrogen (secondary N) is 1. The van der Waals surface area contributed by atoms with Crippen molar-refractivity contribution in [2.75, 3.05) is 23.3 Å². The SMILES string of the molecule is C[C@@H]1CN(c2ncc(C(=O)Nc3cc(F)c4nn(C)cc4c3)c3ncc(C#N)cc23)C[C@H](C)N1C(=O)OC(C)(C)C. The number of anilines is 2. The normalized spacial score (nSPS) is 17.5. The maximum absolute atomic E-state index is 14.6. The average Bonchev–Trinajstić information content (AvgIpc) is 3.26. The summed E-state index contributed by atoms with van der Waals surface area (Å²) in [6.07, 6.45) is 4.11. The third-order valence-corrected chi connectivity index (χ3v) is 6.83. The Morgan fingerprint density at radius 1 is 1.10 bits per heavy atom. The Morgan fingerprint density at radius 3 is 2.46 bits per heavy atom. The van der Waals surface area contributed by atoms with Crippen molar-refractivity contribution >= 4 is 45.3 Å². The summed E-state index contributed by atoms with van der Waals surface area (Å²) >= 11 is 0. The molecule has 1 aliphatic heterocycles. The molecule has 41 heavy (non-hydrogen) atoms. The van der Waals surface area contributed by atoms with E-state index in [-0.39, 0.29) is 34.9 Å². The van der Waals surface area contributed by atoms with Crippen molar-refractivity contribution in [3.05, 3.63) is 53.7 Å². The van der Waals surface area contributed by atoms with E-state index in [1.165, 1.54) is 23.1 Å². The smallest absolute Gasteiger partial charge is 0.410 e. The zero-order valence-electron chi connectivity index (χ0n) is 23.8. The molecule has 0 spiro atoms. The molecule has 0 aliphatic carbocycles. The van der Waals surface area contributed by atoms with E-state index in [2.05, 4.69) is 26.5 Å². The Kier molecular flexibility index (Phi) is 6.98. The topological polar surface area (TPSA) is 129 Å². The van der Waals surface area contributed by atoms with E-state index in [4.69, 9.17) is 4.74 Å². The van der Waals surface area contributed by atoms with E-state index >= 15 is 0 Å². The molecule has 1 N–H and O–H groups in total. The Bertz CT molecular complexity index is 1710. The summed E-state index contributed by atoms with van der Waals surface area (Å²) in [6, 6.07) is 6.21. The third kappa shape index (κ3) is 5.48. The fourth-order valence-corrected chi connectivity index (χ4v) is 5.24. The minimum Gasteiger partial charge on any atom is -0.444 e. The van der Waals surface area contributed by atoms with Gasteiger partial charge in [0.05, 0.1) is 28.7 Å². The molecule has 11 nitrogen and oxygen atoms in total. The van der Waals surface area contributed by atoms with Crippen molar-refractivity contribution in [3.8, 4) is 6.07 Å². The van der Waals surface area contributed by atoms with Crippen LogP contribution in [-0.4, -0.2) is 67.4 Å². The number of halogens is 1. The lowest BCUT2D eigenvalue weighted by Gasteiger charge is -2.45. The Labute approximate surface area is 236 Å². The summed E-state index contributed by atoms with van der Waals surface area (Å²) in [5, 5.41) is 17.5. The molecule has 1 aromatic carbocycles. The first-order valence-electron chi connectivity index (χ1n) is 13.2. The molecule has 0 saturated carbocycles. The van der Waals surface area contributed by atoms with Crippen LogP contribution < -0.4 is 10.2 Å². The van der Waals surface area contributed by atoms with Gasteiger partial charge < -0.3 is 15.0 Å². The summed E-state index contributed by atoms with van der Waals surface area (Å²) in [6.45, 7) is 10.3. The average molecular weight is 559 g/mol. The number of aryl methyl sites for hydroxylation is 1. The van der Waals surface area contributed by atoms with Gasteiger partial charge in [0, 0.05) is 55.2 Å². The van der Waals surface area contributed by atoms with Crippen molar-refractivity contribution in [3.63, 3.8) is 0 Å². The molecule has 212 valence electrons. The van der Waals surface area contributed by atoms with Crippen LogP contribution in [0.25, 0.3) is 21.8 Å². The zero-order valence-corrected chi connectivity index (χ0v) is 23.8. The molecular weight excluding hydrogens is 527 g/mol. The Hall–Kier alpha value is -4.79. The molecule has 12 heteroatoms. The zero-order chi connectivity index (χ0) is 29.6. The van der Waals surface area contributed by atoms with Gasteiger partial charge in [0.1, 0.15) is 23.0 Å². The summed E-state index contributed by atoms with van der Waals surface area (Å²) in [4.78, 5) is 39.1. The number of nitrogens with zero attached hydrogens (tertiary/aromatic N) is 7. The monoisotopic (exact) mass is 558 g/mol. The van der Waals surface area contributed by atoms with Crippen molar-refractivity contribution in [1.82, 2.24) is 24.6 Å². The molecule has 2 amide bonds. The van der Waals surface area contributed by atoms with Crippen LogP contribution in [0, 0.1) is 17.1 Å². The quantitative estimate of drug-likeness (QED) is 0.386. The molecule has 0 radical (unpaired) electrons. The van der Waals surface area contributed by atoms with Crippen molar-refractivity contribution in [1.29, 1.82) is 5.26 Å². The van der Waals surface area contributed by atoms with Gasteiger partial charge in [-0.15, -0.1) is 0 Å². The van der Waals surface area contributed by atoms with Crippen LogP contribution in [0.5, 0.6) is 0 Å². The second-order valence-electron chi connectivity index (χ2n) is 11.4. The summed E-state index contributed by atoms with van der Waals surface area (Å²) < 4.78 is 21.7. The molecular formula is C29H31FN8O3. The van der Waals surface area contributed by atoms with Gasteiger partial charge in [-0.05, 0) is 52.8 Å². The molecule has 0 unspecified atom stereocenters. The van der Waals surface area contributed by atoms with Gasteiger partial charge in [0.15, 0.2) is 5.82 Å². The second-order valence-corrected chi connectivity index (χ2v) is 11.4. The van der Waals surface area contributed by atoms with Crippen LogP contribution in [0.3, 0.4) is 0 Å². The van der Waals surface area contributed by atoms with Crippen LogP contribution >= 0.6 is 0 Å². The second kappa shape index (κ2) is 10.3. The Balaban J connectivity index is 1.47. The first-order valence-corrected chi connectivity index (χ1v) is 13.2. The number of ether oxygens (including phenoxy) is 1. The van der Waals surface area contributed by atoms with E-state index in [9.17, 15) is 19.2 Å². The van der Waals surface area contributed by atoms with E-state index in [1.54, 1.807) is 30.3 Å². The Morgan fingerprint density at radius 2 is 1.80 bits per heavy atom. The van der Waals surface area contributed by atoms with Crippen LogP contribution in [-0.2, 0) is 11.8 Å². The molecule has 0 bridgehead atoms. The van der Waals surface area contributed by atoms with Gasteiger partial charge in [0.2, 0.25) is 0 Å². The van der Waals surface area contributed by atoms with Gasteiger partial charge in [-0.2, -0.15) is 10.4 Å². The summed E-state index contributed by atoms with van der Waals surface area (Å²) in [5.41, 5.74) is 0.701. The van der Waals surface area contributed by atoms with E-state index in [1.807, 2.05) is 39.5 Å². The molecule has 3 aromatic heterocycles. The highest BCUT2D eigenvalue weighted by atomic mass is 19.1. The van der Waals surface area contributed by atoms with Crippen LogP contribution in [0.15, 0.2) is 36.8 Å². The molecule has 5 rings (SSSR count). The van der Waals surface area contributed by atoms with Gasteiger partial charge in [-0.1, -0.05) is 0 Å². The number of hydrogen-bond donors (Lipinski definition) is 1. The molecule has 1 fully saturated rings. The highest BCUT2D eigenvalue weighted by molar-refractivity contribution is 6.13. The lowest BCUT2D eigenvalue weighted by Crippen LogP contribution is -2.59. The van der Waals surface area contributed by atoms with Gasteiger partial charge in [-0.25, -0.2) is 14.2 Å². The van der Waals surface area contributed by atoms with E-state index in [0.717, 1.165) is 0 Å². The van der Waals surface area contributed by atoms with E-state index < -0.39 is 17.3 Å². The summed E-state index contributed by atoms with van der Waals surface area (Å²) in [5.74, 6) is -0.529. The molecule has 1 aliphatic rings. The van der Waals surface area contributed by atoms with Crippen LogP contribution in [0.4, 0.5) is 20.7 Å². The van der Waals surface area contributed by atoms with Crippen LogP contribution in [0.1, 0.15) is 50.5 Å². The molecule has 4 heterocycles. The highest BCUT2D eigenvalue weighted by Gasteiger charge is 2.36. The minimum atomic E-state index is -0.614. The summed E-state index contributed by atoms with van der Waals surface area (Å²) in [7, 11) is 1.69. The van der Waals surface area contributed by atoms with Gasteiger partial charge >= 0.3 is 6.09 Å². The number of aromatic nitrogens is 4. The lowest BCUT2D eigenvalue weighted by atomic mass is 10.1. The predicted octanol–water partition coefficient (Wildman–Crippen LogP) is 4.61. The minimum absolute atomic E-state index is 0.174. The number of nitriles is 1. The van der Waals surface area contributed by atoms with Crippen LogP contribution in [0.2, 0.25) is 0 Å². The third-order valence-electron chi connectivity index (χ3n) is 6.83. The van der Waals surface area contributed by atoms with Crippen molar-refractivity contribution < 1.29 is 18.7 Å². The number of hydrogen-bond acceptors (Lipinski definition) is 8. The number of carbonyl (C=O) groups excluding carboxylic acids is 2. The largest absolute Gasteiger partial charge is 0.444 e. The first kappa shape index (κ1) is 27.8. The molecule has 2 atom stereocenters. The standard InChI is InChI=1S/C29H31FN8O3/c1-16-13-37(14-17(2)38(16)28(40)41-29(3,4)5)26-21-7-18(10-31)11-32-25(21)22(12-33-26)27(39)34-20-8-19-15-36(6)35-24(19)23(30)9-20/h7-9,11-12,15-17H,13-14H2,1-6H3,(H,34,39)/t16-,17+. The predicted molar refractivity (Wildman–Crippen MR) is 152 cm³/mol. The number of amides is 2. The number of pyridine rings is 2. The number of benzene rings is 1. The number of fused-ring (bicyclic) bond motifs is 2. The highest BCUT2D eigenvalue weighted by Crippen LogP contribution is 2.31. The number of piperazine rings is 1. The molecule has 4 aromatic rings. The molecule has 1 saturated heterocycles. The fraction of sp³-hybridized carbons (Fsp3) is 0.379. The fourth-order valence-electron chi connectivity index (χ4n) is 5.24. The first-order chi connectivity index (χ1) is 19.3. The van der Waals surface area contributed by atoms with Gasteiger partial charge in [0.25, 0.3) is 5.91 Å². The van der Waals surface area contributed by atoms with Crippen molar-refractivity contribution in [2.45, 2.75) is 52.3 Å². The van der Waals surface area contributed by atoms with Gasteiger partial charge in [-0.3, -0.25) is 19.4 Å². The maximum Gasteiger partial charge on any atom is 0.410 e. The van der Waals surface area contributed by atoms with E-state index in [0.29, 0.717) is 40.8 Å². The van der Waals surface area contributed by atoms with Crippen molar-refractivity contribution in [2.24, 2.45) is 7.05 Å². The number of rotatable bonds is 3. The lowest BCUT2D eigenvalue weighted by molar-refractivity contribution is 0.00561. The maximum atomic E-state index is 14.6.